The zero-order chi connectivity index (χ0) is 14.5. The van der Waals surface area contributed by atoms with Gasteiger partial charge in [0.1, 0.15) is 0 Å². The number of fused-ring (bicyclic) bond motifs is 1. The van der Waals surface area contributed by atoms with Crippen molar-refractivity contribution in [3.05, 3.63) is 27.4 Å². The Hall–Kier alpha value is -0.610. The molecule has 0 fully saturated rings. The lowest BCUT2D eigenvalue weighted by Gasteiger charge is -2.06. The number of aromatic nitrogens is 2. The van der Waals surface area contributed by atoms with Gasteiger partial charge in [-0.15, -0.1) is 0 Å². The van der Waals surface area contributed by atoms with Crippen LogP contribution in [-0.2, 0) is 6.54 Å². The first-order valence-electron chi connectivity index (χ1n) is 7.46. The minimum absolute atomic E-state index is 0.829. The maximum Gasteiger partial charge on any atom is 0.178 e. The van der Waals surface area contributed by atoms with Crippen molar-refractivity contribution in [2.24, 2.45) is 5.92 Å². The van der Waals surface area contributed by atoms with Gasteiger partial charge in [0, 0.05) is 11.0 Å². The highest BCUT2D eigenvalue weighted by molar-refractivity contribution is 9.10. The number of aromatic amines is 1. The number of aryl methyl sites for hydroxylation is 1. The lowest BCUT2D eigenvalue weighted by molar-refractivity contribution is 0.507. The second-order valence-electron chi connectivity index (χ2n) is 5.84. The Balaban J connectivity index is 1.90. The Labute approximate surface area is 134 Å². The van der Waals surface area contributed by atoms with Gasteiger partial charge in [0.05, 0.1) is 11.0 Å². The van der Waals surface area contributed by atoms with Crippen LogP contribution in [0.5, 0.6) is 0 Å². The van der Waals surface area contributed by atoms with Crippen LogP contribution in [-0.4, -0.2) is 9.55 Å². The molecule has 1 aromatic heterocycles. The number of halogens is 1. The van der Waals surface area contributed by atoms with E-state index in [0.717, 1.165) is 27.2 Å². The van der Waals surface area contributed by atoms with Gasteiger partial charge in [0.15, 0.2) is 4.77 Å². The minimum atomic E-state index is 0.829. The molecular formula is C16H23BrN2S. The van der Waals surface area contributed by atoms with Crippen LogP contribution in [0, 0.1) is 10.7 Å². The SMILES string of the molecule is CC(C)CCCCCCn1c(=S)[nH]c2cc(Br)ccc21. The first-order valence-corrected chi connectivity index (χ1v) is 8.66. The van der Waals surface area contributed by atoms with E-state index in [1.807, 2.05) is 0 Å². The number of nitrogens with zero attached hydrogens (tertiary/aromatic N) is 1. The topological polar surface area (TPSA) is 20.7 Å². The van der Waals surface area contributed by atoms with E-state index in [4.69, 9.17) is 12.2 Å². The Bertz CT molecular complexity index is 612. The van der Waals surface area contributed by atoms with Gasteiger partial charge in [-0.25, -0.2) is 0 Å². The molecular weight excluding hydrogens is 332 g/mol. The van der Waals surface area contributed by atoms with E-state index < -0.39 is 0 Å². The Morgan fingerprint density at radius 3 is 2.70 bits per heavy atom. The summed E-state index contributed by atoms with van der Waals surface area (Å²) in [6, 6.07) is 6.29. The molecule has 0 saturated heterocycles. The van der Waals surface area contributed by atoms with Crippen LogP contribution in [0.3, 0.4) is 0 Å². The highest BCUT2D eigenvalue weighted by atomic mass is 79.9. The van der Waals surface area contributed by atoms with Gasteiger partial charge in [-0.1, -0.05) is 55.5 Å². The van der Waals surface area contributed by atoms with Crippen molar-refractivity contribution < 1.29 is 0 Å². The molecule has 2 rings (SSSR count). The van der Waals surface area contributed by atoms with E-state index in [2.05, 4.69) is 57.5 Å². The van der Waals surface area contributed by atoms with Crippen LogP contribution in [0.15, 0.2) is 22.7 Å². The molecule has 20 heavy (non-hydrogen) atoms. The third-order valence-electron chi connectivity index (χ3n) is 3.65. The van der Waals surface area contributed by atoms with Crippen molar-refractivity contribution in [2.45, 2.75) is 52.5 Å². The van der Waals surface area contributed by atoms with E-state index in [1.54, 1.807) is 0 Å². The number of nitrogens with one attached hydrogen (secondary N) is 1. The summed E-state index contributed by atoms with van der Waals surface area (Å²) in [6.07, 6.45) is 6.52. The number of H-pyrrole nitrogens is 1. The van der Waals surface area contributed by atoms with Gasteiger partial charge in [0.25, 0.3) is 0 Å². The quantitative estimate of drug-likeness (QED) is 0.472. The number of rotatable bonds is 7. The fourth-order valence-electron chi connectivity index (χ4n) is 2.53. The number of hydrogen-bond donors (Lipinski definition) is 1. The molecule has 1 aromatic carbocycles. The maximum absolute atomic E-state index is 5.42. The summed E-state index contributed by atoms with van der Waals surface area (Å²) in [7, 11) is 0. The highest BCUT2D eigenvalue weighted by Gasteiger charge is 2.04. The van der Waals surface area contributed by atoms with Crippen LogP contribution in [0.4, 0.5) is 0 Å². The fraction of sp³-hybridized carbons (Fsp3) is 0.562. The van der Waals surface area contributed by atoms with E-state index in [9.17, 15) is 0 Å². The standard InChI is InChI=1S/C16H23BrN2S/c1-12(2)7-5-3-4-6-10-19-15-9-8-13(17)11-14(15)18-16(19)20/h8-9,11-12H,3-7,10H2,1-2H3,(H,18,20). The summed E-state index contributed by atoms with van der Waals surface area (Å²) in [5.74, 6) is 0.829. The Morgan fingerprint density at radius 2 is 1.95 bits per heavy atom. The second kappa shape index (κ2) is 7.41. The summed E-state index contributed by atoms with van der Waals surface area (Å²) >= 11 is 8.92. The molecule has 0 radical (unpaired) electrons. The van der Waals surface area contributed by atoms with Crippen LogP contribution < -0.4 is 0 Å². The van der Waals surface area contributed by atoms with Crippen LogP contribution in [0.25, 0.3) is 11.0 Å². The number of benzene rings is 1. The third kappa shape index (κ3) is 4.19. The molecule has 0 aliphatic carbocycles. The molecule has 0 bridgehead atoms. The Morgan fingerprint density at radius 1 is 1.20 bits per heavy atom. The highest BCUT2D eigenvalue weighted by Crippen LogP contribution is 2.20. The minimum Gasteiger partial charge on any atom is -0.331 e. The summed E-state index contributed by atoms with van der Waals surface area (Å²) in [5.41, 5.74) is 2.32. The summed E-state index contributed by atoms with van der Waals surface area (Å²) < 4.78 is 4.14. The predicted molar refractivity (Wildman–Crippen MR) is 92.7 cm³/mol. The predicted octanol–water partition coefficient (Wildman–Crippen LogP) is 6.07. The van der Waals surface area contributed by atoms with Crippen molar-refractivity contribution >= 4 is 39.2 Å². The molecule has 0 aliphatic rings. The first-order chi connectivity index (χ1) is 9.58. The molecule has 0 unspecified atom stereocenters. The van der Waals surface area contributed by atoms with Crippen LogP contribution >= 0.6 is 28.1 Å². The first kappa shape index (κ1) is 15.8. The van der Waals surface area contributed by atoms with Crippen molar-refractivity contribution in [3.8, 4) is 0 Å². The molecule has 4 heteroatoms. The molecule has 0 saturated carbocycles. The van der Waals surface area contributed by atoms with E-state index in [1.165, 1.54) is 37.6 Å². The normalized spacial score (nSPS) is 11.6. The molecule has 0 amide bonds. The van der Waals surface area contributed by atoms with Gasteiger partial charge in [-0.05, 0) is 42.8 Å². The number of imidazole rings is 1. The van der Waals surface area contributed by atoms with E-state index >= 15 is 0 Å². The van der Waals surface area contributed by atoms with Crippen molar-refractivity contribution in [3.63, 3.8) is 0 Å². The second-order valence-corrected chi connectivity index (χ2v) is 7.14. The van der Waals surface area contributed by atoms with Crippen LogP contribution in [0.2, 0.25) is 0 Å². The maximum atomic E-state index is 5.42. The van der Waals surface area contributed by atoms with Crippen LogP contribution in [0.1, 0.15) is 46.0 Å². The number of unbranched alkanes of at least 4 members (excludes halogenated alkanes) is 3. The molecule has 1 N–H and O–H groups in total. The summed E-state index contributed by atoms with van der Waals surface area (Å²) in [4.78, 5) is 3.28. The van der Waals surface area contributed by atoms with Crippen molar-refractivity contribution in [2.75, 3.05) is 0 Å². The smallest absolute Gasteiger partial charge is 0.178 e. The molecule has 110 valence electrons. The average molecular weight is 355 g/mol. The third-order valence-corrected chi connectivity index (χ3v) is 4.47. The molecule has 2 aromatic rings. The molecule has 0 spiro atoms. The molecule has 0 atom stereocenters. The Kier molecular flexibility index (Phi) is 5.85. The van der Waals surface area contributed by atoms with E-state index in [0.29, 0.717) is 0 Å². The van der Waals surface area contributed by atoms with Gasteiger partial charge in [-0.2, -0.15) is 0 Å². The average Bonchev–Trinajstić information content (AvgIpc) is 2.68. The largest absolute Gasteiger partial charge is 0.331 e. The van der Waals surface area contributed by atoms with Gasteiger partial charge in [-0.3, -0.25) is 0 Å². The van der Waals surface area contributed by atoms with Gasteiger partial charge >= 0.3 is 0 Å². The monoisotopic (exact) mass is 354 g/mol. The van der Waals surface area contributed by atoms with Crippen molar-refractivity contribution in [1.82, 2.24) is 9.55 Å². The van der Waals surface area contributed by atoms with E-state index in [-0.39, 0.29) is 0 Å². The zero-order valence-corrected chi connectivity index (χ0v) is 14.7. The fourth-order valence-corrected chi connectivity index (χ4v) is 3.19. The molecule has 0 aliphatic heterocycles. The van der Waals surface area contributed by atoms with Crippen molar-refractivity contribution in [1.29, 1.82) is 0 Å². The summed E-state index contributed by atoms with van der Waals surface area (Å²) in [6.45, 7) is 5.61. The lowest BCUT2D eigenvalue weighted by atomic mass is 10.0. The molecule has 1 heterocycles. The molecule has 2 nitrogen and oxygen atoms in total. The lowest BCUT2D eigenvalue weighted by Crippen LogP contribution is -1.98. The number of hydrogen-bond acceptors (Lipinski definition) is 1. The van der Waals surface area contributed by atoms with Gasteiger partial charge in [0.2, 0.25) is 0 Å². The summed E-state index contributed by atoms with van der Waals surface area (Å²) in [5, 5.41) is 0. The zero-order valence-electron chi connectivity index (χ0n) is 12.3. The van der Waals surface area contributed by atoms with Gasteiger partial charge < -0.3 is 9.55 Å².